The summed E-state index contributed by atoms with van der Waals surface area (Å²) in [5, 5.41) is 17.6. The van der Waals surface area contributed by atoms with Gasteiger partial charge in [0.1, 0.15) is 6.04 Å². The summed E-state index contributed by atoms with van der Waals surface area (Å²) in [6.45, 7) is 5.31. The van der Waals surface area contributed by atoms with Crippen molar-refractivity contribution in [2.24, 2.45) is 11.0 Å². The molecule has 0 radical (unpaired) electrons. The Balaban J connectivity index is 1.65. The first-order chi connectivity index (χ1) is 14.8. The Morgan fingerprint density at radius 2 is 1.90 bits per heavy atom. The predicted octanol–water partition coefficient (Wildman–Crippen LogP) is 2.54. The average Bonchev–Trinajstić information content (AvgIpc) is 3.20. The number of carbonyl (C=O) groups excluding carboxylic acids is 2. The molecule has 1 atom stereocenters. The molecule has 2 aromatic carbocycles. The number of hydrogen-bond acceptors (Lipinski definition) is 7. The molecule has 1 aliphatic rings. The van der Waals surface area contributed by atoms with Crippen LogP contribution in [0, 0.1) is 23.0 Å². The number of nitro benzene ring substituents is 1. The number of aryl methyl sites for hydroxylation is 1. The number of nitrogens with zero attached hydrogens (tertiary/aromatic N) is 2. The molecule has 1 unspecified atom stereocenters. The van der Waals surface area contributed by atoms with Crippen molar-refractivity contribution in [2.75, 3.05) is 6.79 Å². The molecular weight excluding hydrogens is 404 g/mol. The minimum Gasteiger partial charge on any atom is -0.454 e. The number of hydrazone groups is 1. The highest BCUT2D eigenvalue weighted by Gasteiger charge is 2.25. The summed E-state index contributed by atoms with van der Waals surface area (Å²) in [6, 6.07) is 8.54. The van der Waals surface area contributed by atoms with Gasteiger partial charge >= 0.3 is 0 Å². The lowest BCUT2D eigenvalue weighted by Crippen LogP contribution is -2.48. The maximum Gasteiger partial charge on any atom is 0.272 e. The van der Waals surface area contributed by atoms with Gasteiger partial charge in [0.05, 0.1) is 11.1 Å². The van der Waals surface area contributed by atoms with E-state index < -0.39 is 22.8 Å². The Labute approximate surface area is 178 Å². The van der Waals surface area contributed by atoms with E-state index in [0.29, 0.717) is 28.2 Å². The molecular formula is C21H22N4O6. The van der Waals surface area contributed by atoms with Crippen LogP contribution in [0.2, 0.25) is 0 Å². The van der Waals surface area contributed by atoms with Crippen molar-refractivity contribution in [3.05, 3.63) is 63.2 Å². The van der Waals surface area contributed by atoms with E-state index in [4.69, 9.17) is 9.47 Å². The minimum absolute atomic E-state index is 0.0358. The first-order valence-electron chi connectivity index (χ1n) is 9.54. The van der Waals surface area contributed by atoms with E-state index in [9.17, 15) is 19.7 Å². The first kappa shape index (κ1) is 21.8. The molecule has 10 nitrogen and oxygen atoms in total. The third-order valence-corrected chi connectivity index (χ3v) is 4.69. The van der Waals surface area contributed by atoms with Gasteiger partial charge in [-0.3, -0.25) is 19.7 Å². The number of benzene rings is 2. The van der Waals surface area contributed by atoms with E-state index in [0.717, 1.165) is 0 Å². The average molecular weight is 426 g/mol. The van der Waals surface area contributed by atoms with Gasteiger partial charge < -0.3 is 14.8 Å². The van der Waals surface area contributed by atoms with Crippen LogP contribution in [0.5, 0.6) is 11.5 Å². The van der Waals surface area contributed by atoms with Gasteiger partial charge in [-0.25, -0.2) is 5.43 Å². The lowest BCUT2D eigenvalue weighted by Gasteiger charge is -2.20. The summed E-state index contributed by atoms with van der Waals surface area (Å²) < 4.78 is 10.5. The van der Waals surface area contributed by atoms with Crippen LogP contribution >= 0.6 is 0 Å². The summed E-state index contributed by atoms with van der Waals surface area (Å²) >= 11 is 0. The van der Waals surface area contributed by atoms with Crippen LogP contribution < -0.4 is 20.2 Å². The monoisotopic (exact) mass is 426 g/mol. The molecule has 0 spiro atoms. The van der Waals surface area contributed by atoms with Crippen LogP contribution in [0.1, 0.15) is 35.3 Å². The van der Waals surface area contributed by atoms with Gasteiger partial charge in [-0.2, -0.15) is 5.10 Å². The van der Waals surface area contributed by atoms with Gasteiger partial charge in [-0.15, -0.1) is 0 Å². The Hall–Kier alpha value is -3.95. The molecule has 2 N–H and O–H groups in total. The topological polar surface area (TPSA) is 132 Å². The minimum atomic E-state index is -0.845. The smallest absolute Gasteiger partial charge is 0.272 e. The molecule has 0 saturated heterocycles. The number of nitro groups is 1. The molecule has 31 heavy (non-hydrogen) atoms. The fourth-order valence-electron chi connectivity index (χ4n) is 2.94. The Morgan fingerprint density at radius 3 is 2.61 bits per heavy atom. The molecule has 3 rings (SSSR count). The summed E-state index contributed by atoms with van der Waals surface area (Å²) in [5.41, 5.74) is 3.66. The van der Waals surface area contributed by atoms with Crippen LogP contribution in [-0.4, -0.2) is 35.8 Å². The molecule has 0 bridgehead atoms. The maximum absolute atomic E-state index is 12.6. The SMILES string of the molecule is Cc1ccc(C=NNC(=O)C(NC(=O)c2ccc3c(c2)OCO3)C(C)C)cc1[N+](=O)[O-]. The van der Waals surface area contributed by atoms with Crippen molar-refractivity contribution in [2.45, 2.75) is 26.8 Å². The molecule has 1 aliphatic heterocycles. The van der Waals surface area contributed by atoms with E-state index in [2.05, 4.69) is 15.8 Å². The fourth-order valence-corrected chi connectivity index (χ4v) is 2.94. The van der Waals surface area contributed by atoms with Crippen molar-refractivity contribution < 1.29 is 24.0 Å². The first-order valence-corrected chi connectivity index (χ1v) is 9.54. The largest absolute Gasteiger partial charge is 0.454 e. The van der Waals surface area contributed by atoms with Crippen molar-refractivity contribution in [1.29, 1.82) is 0 Å². The van der Waals surface area contributed by atoms with Crippen LogP contribution in [0.25, 0.3) is 0 Å². The molecule has 10 heteroatoms. The third-order valence-electron chi connectivity index (χ3n) is 4.69. The van der Waals surface area contributed by atoms with Crippen LogP contribution in [0.3, 0.4) is 0 Å². The molecule has 0 aliphatic carbocycles. The zero-order valence-corrected chi connectivity index (χ0v) is 17.2. The van der Waals surface area contributed by atoms with E-state index in [1.54, 1.807) is 51.1 Å². The van der Waals surface area contributed by atoms with Gasteiger partial charge in [0.15, 0.2) is 11.5 Å². The summed E-state index contributed by atoms with van der Waals surface area (Å²) in [6.07, 6.45) is 1.31. The van der Waals surface area contributed by atoms with Crippen molar-refractivity contribution >= 4 is 23.7 Å². The molecule has 0 aromatic heterocycles. The maximum atomic E-state index is 12.6. The summed E-state index contributed by atoms with van der Waals surface area (Å²) in [7, 11) is 0. The fraction of sp³-hybridized carbons (Fsp3) is 0.286. The van der Waals surface area contributed by atoms with Crippen LogP contribution in [-0.2, 0) is 4.79 Å². The second-order valence-electron chi connectivity index (χ2n) is 7.30. The molecule has 1 heterocycles. The summed E-state index contributed by atoms with van der Waals surface area (Å²) in [5.74, 6) is -0.142. The van der Waals surface area contributed by atoms with Gasteiger partial charge in [-0.05, 0) is 31.0 Å². The number of amides is 2. The zero-order valence-electron chi connectivity index (χ0n) is 17.2. The number of ether oxygens (including phenoxy) is 2. The van der Waals surface area contributed by atoms with E-state index >= 15 is 0 Å². The number of hydrogen-bond donors (Lipinski definition) is 2. The second kappa shape index (κ2) is 9.24. The third kappa shape index (κ3) is 5.16. The lowest BCUT2D eigenvalue weighted by molar-refractivity contribution is -0.385. The van der Waals surface area contributed by atoms with E-state index in [1.807, 2.05) is 0 Å². The molecule has 2 aromatic rings. The highest BCUT2D eigenvalue weighted by atomic mass is 16.7. The molecule has 2 amide bonds. The standard InChI is InChI=1S/C21H22N4O6/c1-12(2)19(23-20(26)15-6-7-17-18(9-15)31-11-30-17)21(27)24-22-10-14-5-4-13(3)16(8-14)25(28)29/h4-10,12,19H,11H2,1-3H3,(H,23,26)(H,24,27). The Morgan fingerprint density at radius 1 is 1.16 bits per heavy atom. The molecule has 0 saturated carbocycles. The van der Waals surface area contributed by atoms with Gasteiger partial charge in [0.25, 0.3) is 17.5 Å². The number of nitrogens with one attached hydrogen (secondary N) is 2. The normalized spacial score (nSPS) is 13.3. The second-order valence-corrected chi connectivity index (χ2v) is 7.30. The number of rotatable bonds is 7. The van der Waals surface area contributed by atoms with Crippen molar-refractivity contribution in [3.8, 4) is 11.5 Å². The summed E-state index contributed by atoms with van der Waals surface area (Å²) in [4.78, 5) is 35.7. The van der Waals surface area contributed by atoms with Crippen molar-refractivity contribution in [3.63, 3.8) is 0 Å². The molecule has 162 valence electrons. The highest BCUT2D eigenvalue weighted by Crippen LogP contribution is 2.32. The number of carbonyl (C=O) groups is 2. The van der Waals surface area contributed by atoms with Gasteiger partial charge in [0, 0.05) is 22.8 Å². The zero-order chi connectivity index (χ0) is 22.5. The quantitative estimate of drug-likeness (QED) is 0.397. The van der Waals surface area contributed by atoms with Crippen LogP contribution in [0.15, 0.2) is 41.5 Å². The van der Waals surface area contributed by atoms with E-state index in [-0.39, 0.29) is 18.4 Å². The lowest BCUT2D eigenvalue weighted by atomic mass is 10.0. The Bertz CT molecular complexity index is 1050. The Kier molecular flexibility index (Phi) is 6.49. The predicted molar refractivity (Wildman–Crippen MR) is 112 cm³/mol. The number of fused-ring (bicyclic) bond motifs is 1. The highest BCUT2D eigenvalue weighted by molar-refractivity contribution is 5.98. The molecule has 0 fully saturated rings. The van der Waals surface area contributed by atoms with Crippen LogP contribution in [0.4, 0.5) is 5.69 Å². The van der Waals surface area contributed by atoms with E-state index in [1.165, 1.54) is 12.3 Å². The van der Waals surface area contributed by atoms with Gasteiger partial charge in [0.2, 0.25) is 6.79 Å². The van der Waals surface area contributed by atoms with Gasteiger partial charge in [-0.1, -0.05) is 26.0 Å². The van der Waals surface area contributed by atoms with Crippen molar-refractivity contribution in [1.82, 2.24) is 10.7 Å².